The first kappa shape index (κ1) is 17.8. The van der Waals surface area contributed by atoms with Crippen LogP contribution in [0.5, 0.6) is 0 Å². The van der Waals surface area contributed by atoms with Crippen LogP contribution in [0.3, 0.4) is 0 Å². The topological polar surface area (TPSA) is 26.3 Å². The number of carbonyl (C=O) groups is 1. The summed E-state index contributed by atoms with van der Waals surface area (Å²) < 4.78 is 6.23. The molecule has 0 amide bonds. The Morgan fingerprint density at radius 2 is 1.72 bits per heavy atom. The third-order valence-electron chi connectivity index (χ3n) is 4.02. The summed E-state index contributed by atoms with van der Waals surface area (Å²) in [5.41, 5.74) is 0. The minimum Gasteiger partial charge on any atom is -0.407 e. The molecule has 18 heavy (non-hydrogen) atoms. The molecule has 2 nitrogen and oxygen atoms in total. The molecule has 1 unspecified atom stereocenters. The summed E-state index contributed by atoms with van der Waals surface area (Å²) in [6, 6.07) is 0. The minimum atomic E-state index is -1.82. The smallest absolute Gasteiger partial charge is 0.193 e. The fourth-order valence-electron chi connectivity index (χ4n) is 1.63. The van der Waals surface area contributed by atoms with E-state index in [1.165, 1.54) is 19.3 Å². The number of Topliss-reactive ketones (excluding diaryl/α,β-unsaturated/α-hetero) is 1. The normalized spacial score (nSPS) is 14.6. The molecule has 0 saturated carbocycles. The minimum absolute atomic E-state index is 0.171. The predicted molar refractivity (Wildman–Crippen MR) is 81.5 cm³/mol. The SMILES string of the molecule is CCCCCCC(O[Si](C)(C)C(C)(C)C)C(C)=O. The number of rotatable bonds is 8. The molecule has 0 aromatic rings. The van der Waals surface area contributed by atoms with Gasteiger partial charge in [0.2, 0.25) is 0 Å². The van der Waals surface area contributed by atoms with Gasteiger partial charge in [0.05, 0.1) is 0 Å². The van der Waals surface area contributed by atoms with Gasteiger partial charge in [-0.3, -0.25) is 4.79 Å². The van der Waals surface area contributed by atoms with E-state index in [4.69, 9.17) is 4.43 Å². The van der Waals surface area contributed by atoms with Crippen LogP contribution < -0.4 is 0 Å². The molecule has 0 bridgehead atoms. The van der Waals surface area contributed by atoms with Crippen LogP contribution in [-0.2, 0) is 9.22 Å². The van der Waals surface area contributed by atoms with Crippen molar-refractivity contribution in [1.82, 2.24) is 0 Å². The second kappa shape index (κ2) is 7.44. The zero-order chi connectivity index (χ0) is 14.4. The van der Waals surface area contributed by atoms with Crippen molar-refractivity contribution in [3.63, 3.8) is 0 Å². The maximum absolute atomic E-state index is 11.7. The van der Waals surface area contributed by atoms with E-state index in [-0.39, 0.29) is 16.9 Å². The summed E-state index contributed by atoms with van der Waals surface area (Å²) in [4.78, 5) is 11.7. The largest absolute Gasteiger partial charge is 0.407 e. The van der Waals surface area contributed by atoms with Crippen molar-refractivity contribution < 1.29 is 9.22 Å². The molecular weight excluding hydrogens is 240 g/mol. The van der Waals surface area contributed by atoms with Crippen molar-refractivity contribution in [3.05, 3.63) is 0 Å². The van der Waals surface area contributed by atoms with E-state index in [0.29, 0.717) is 0 Å². The van der Waals surface area contributed by atoms with Gasteiger partial charge in [0.1, 0.15) is 6.10 Å². The van der Waals surface area contributed by atoms with Gasteiger partial charge in [0, 0.05) is 0 Å². The number of unbranched alkanes of at least 4 members (excludes halogenated alkanes) is 3. The molecule has 0 fully saturated rings. The number of carbonyl (C=O) groups excluding carboxylic acids is 1. The number of hydrogen-bond donors (Lipinski definition) is 0. The molecular formula is C15H32O2Si. The maximum atomic E-state index is 11.7. The van der Waals surface area contributed by atoms with Crippen LogP contribution in [0.1, 0.15) is 66.7 Å². The van der Waals surface area contributed by atoms with E-state index in [2.05, 4.69) is 40.8 Å². The molecule has 0 aliphatic carbocycles. The molecule has 0 radical (unpaired) electrons. The molecule has 0 spiro atoms. The van der Waals surface area contributed by atoms with Crippen LogP contribution in [0, 0.1) is 0 Å². The average Bonchev–Trinajstić information content (AvgIpc) is 2.20. The number of hydrogen-bond acceptors (Lipinski definition) is 2. The Labute approximate surface area is 115 Å². The monoisotopic (exact) mass is 272 g/mol. The van der Waals surface area contributed by atoms with Gasteiger partial charge in [0.25, 0.3) is 0 Å². The molecule has 1 atom stereocenters. The fourth-order valence-corrected chi connectivity index (χ4v) is 2.98. The third-order valence-corrected chi connectivity index (χ3v) is 8.50. The molecule has 0 aliphatic rings. The summed E-state index contributed by atoms with van der Waals surface area (Å²) in [6.45, 7) is 14.9. The molecule has 0 aromatic heterocycles. The van der Waals surface area contributed by atoms with Crippen molar-refractivity contribution in [2.24, 2.45) is 0 Å². The first-order chi connectivity index (χ1) is 8.12. The molecule has 0 heterocycles. The molecule has 0 N–H and O–H groups in total. The quantitative estimate of drug-likeness (QED) is 0.462. The van der Waals surface area contributed by atoms with Gasteiger partial charge in [-0.2, -0.15) is 0 Å². The zero-order valence-electron chi connectivity index (χ0n) is 13.4. The maximum Gasteiger partial charge on any atom is 0.193 e. The summed E-state index contributed by atoms with van der Waals surface area (Å²) in [7, 11) is -1.82. The van der Waals surface area contributed by atoms with Gasteiger partial charge < -0.3 is 4.43 Å². The van der Waals surface area contributed by atoms with Crippen molar-refractivity contribution in [2.75, 3.05) is 0 Å². The lowest BCUT2D eigenvalue weighted by molar-refractivity contribution is -0.124. The van der Waals surface area contributed by atoms with Crippen molar-refractivity contribution in [3.8, 4) is 0 Å². The van der Waals surface area contributed by atoms with E-state index < -0.39 is 8.32 Å². The predicted octanol–water partition coefficient (Wildman–Crippen LogP) is 4.94. The van der Waals surface area contributed by atoms with E-state index in [1.807, 2.05) is 0 Å². The van der Waals surface area contributed by atoms with Crippen molar-refractivity contribution in [1.29, 1.82) is 0 Å². The van der Waals surface area contributed by atoms with E-state index in [0.717, 1.165) is 12.8 Å². The van der Waals surface area contributed by atoms with Crippen LogP contribution in [0.4, 0.5) is 0 Å². The third kappa shape index (κ3) is 6.14. The lowest BCUT2D eigenvalue weighted by Crippen LogP contribution is -2.45. The van der Waals surface area contributed by atoms with Crippen molar-refractivity contribution >= 4 is 14.1 Å². The second-order valence-electron chi connectivity index (χ2n) is 6.83. The van der Waals surface area contributed by atoms with Gasteiger partial charge in [-0.1, -0.05) is 53.4 Å². The van der Waals surface area contributed by atoms with E-state index in [9.17, 15) is 4.79 Å². The van der Waals surface area contributed by atoms with E-state index >= 15 is 0 Å². The first-order valence-corrected chi connectivity index (χ1v) is 10.2. The van der Waals surface area contributed by atoms with Gasteiger partial charge in [0.15, 0.2) is 14.1 Å². The molecule has 0 saturated heterocycles. The summed E-state index contributed by atoms with van der Waals surface area (Å²) in [5, 5.41) is 0.171. The van der Waals surface area contributed by atoms with Gasteiger partial charge in [-0.15, -0.1) is 0 Å². The van der Waals surface area contributed by atoms with Crippen LogP contribution >= 0.6 is 0 Å². The first-order valence-electron chi connectivity index (χ1n) is 7.30. The summed E-state index contributed by atoms with van der Waals surface area (Å²) in [6.07, 6.45) is 5.51. The second-order valence-corrected chi connectivity index (χ2v) is 11.6. The molecule has 108 valence electrons. The Kier molecular flexibility index (Phi) is 7.38. The zero-order valence-corrected chi connectivity index (χ0v) is 14.4. The standard InChI is InChI=1S/C15H32O2Si/c1-8-9-10-11-12-14(13(2)16)17-18(6,7)15(3,4)5/h14H,8-12H2,1-7H3. The van der Waals surface area contributed by atoms with Crippen LogP contribution in [0.25, 0.3) is 0 Å². The summed E-state index contributed by atoms with van der Waals surface area (Å²) >= 11 is 0. The van der Waals surface area contributed by atoms with Gasteiger partial charge >= 0.3 is 0 Å². The van der Waals surface area contributed by atoms with Crippen LogP contribution in [0.2, 0.25) is 18.1 Å². The van der Waals surface area contributed by atoms with Crippen molar-refractivity contribution in [2.45, 2.75) is 91.0 Å². The molecule has 0 aliphatic heterocycles. The van der Waals surface area contributed by atoms with E-state index in [1.54, 1.807) is 6.92 Å². The van der Waals surface area contributed by atoms with Crippen LogP contribution in [-0.4, -0.2) is 20.2 Å². The highest BCUT2D eigenvalue weighted by atomic mass is 28.4. The van der Waals surface area contributed by atoms with Gasteiger partial charge in [-0.05, 0) is 31.5 Å². The molecule has 3 heteroatoms. The lowest BCUT2D eigenvalue weighted by atomic mass is 10.1. The molecule has 0 rings (SSSR count). The Hall–Kier alpha value is -0.153. The number of ketones is 1. The Balaban J connectivity index is 4.41. The average molecular weight is 273 g/mol. The fraction of sp³-hybridized carbons (Fsp3) is 0.933. The highest BCUT2D eigenvalue weighted by Gasteiger charge is 2.39. The molecule has 0 aromatic carbocycles. The van der Waals surface area contributed by atoms with Crippen LogP contribution in [0.15, 0.2) is 0 Å². The Bertz CT molecular complexity index is 254. The van der Waals surface area contributed by atoms with Gasteiger partial charge in [-0.25, -0.2) is 0 Å². The summed E-state index contributed by atoms with van der Waals surface area (Å²) in [5.74, 6) is 0.191. The highest BCUT2D eigenvalue weighted by molar-refractivity contribution is 6.74. The Morgan fingerprint density at radius 3 is 2.11 bits per heavy atom. The Morgan fingerprint density at radius 1 is 1.17 bits per heavy atom. The lowest BCUT2D eigenvalue weighted by Gasteiger charge is -2.38. The highest BCUT2D eigenvalue weighted by Crippen LogP contribution is 2.37.